The number of amides is 1. The molecule has 0 N–H and O–H groups in total. The zero-order valence-electron chi connectivity index (χ0n) is 9.03. The third-order valence-corrected chi connectivity index (χ3v) is 2.71. The normalized spacial score (nSPS) is 15.9. The number of rotatable bonds is 2. The molecular formula is C13H14FNO. The predicted molar refractivity (Wildman–Crippen MR) is 61.2 cm³/mol. The Morgan fingerprint density at radius 2 is 1.81 bits per heavy atom. The van der Waals surface area contributed by atoms with Crippen LogP contribution in [-0.4, -0.2) is 23.9 Å². The van der Waals surface area contributed by atoms with E-state index in [0.717, 1.165) is 31.5 Å². The molecule has 0 atom stereocenters. The first-order valence-corrected chi connectivity index (χ1v) is 5.48. The fourth-order valence-corrected chi connectivity index (χ4v) is 1.78. The second-order valence-electron chi connectivity index (χ2n) is 3.92. The average Bonchev–Trinajstić information content (AvgIpc) is 2.81. The SMILES string of the molecule is O=C(C=Cc1ccc(F)cc1)N1CCCC1. The number of carbonyl (C=O) groups is 1. The summed E-state index contributed by atoms with van der Waals surface area (Å²) in [6, 6.07) is 6.09. The summed E-state index contributed by atoms with van der Waals surface area (Å²) >= 11 is 0. The summed E-state index contributed by atoms with van der Waals surface area (Å²) in [6.07, 6.45) is 5.46. The fraction of sp³-hybridized carbons (Fsp3) is 0.308. The van der Waals surface area contributed by atoms with Crippen molar-refractivity contribution in [3.05, 3.63) is 41.7 Å². The molecule has 1 saturated heterocycles. The van der Waals surface area contributed by atoms with Crippen LogP contribution in [0, 0.1) is 5.82 Å². The Labute approximate surface area is 94.4 Å². The molecule has 2 nitrogen and oxygen atoms in total. The van der Waals surface area contributed by atoms with Crippen LogP contribution < -0.4 is 0 Å². The topological polar surface area (TPSA) is 20.3 Å². The van der Waals surface area contributed by atoms with E-state index in [4.69, 9.17) is 0 Å². The van der Waals surface area contributed by atoms with Gasteiger partial charge >= 0.3 is 0 Å². The minimum Gasteiger partial charge on any atom is -0.339 e. The summed E-state index contributed by atoms with van der Waals surface area (Å²) in [4.78, 5) is 13.5. The van der Waals surface area contributed by atoms with Crippen molar-refractivity contribution >= 4 is 12.0 Å². The fourth-order valence-electron chi connectivity index (χ4n) is 1.78. The van der Waals surface area contributed by atoms with Gasteiger partial charge in [0.1, 0.15) is 5.82 Å². The molecule has 0 radical (unpaired) electrons. The lowest BCUT2D eigenvalue weighted by atomic mass is 10.2. The van der Waals surface area contributed by atoms with Gasteiger partial charge in [0.15, 0.2) is 0 Å². The van der Waals surface area contributed by atoms with Gasteiger partial charge < -0.3 is 4.90 Å². The Bertz CT molecular complexity index is 391. The van der Waals surface area contributed by atoms with Crippen LogP contribution in [-0.2, 0) is 4.79 Å². The van der Waals surface area contributed by atoms with Crippen molar-refractivity contribution in [3.8, 4) is 0 Å². The smallest absolute Gasteiger partial charge is 0.246 e. The summed E-state index contributed by atoms with van der Waals surface area (Å²) in [5.74, 6) is -0.218. The predicted octanol–water partition coefficient (Wildman–Crippen LogP) is 2.46. The lowest BCUT2D eigenvalue weighted by Crippen LogP contribution is -2.25. The third kappa shape index (κ3) is 2.69. The van der Waals surface area contributed by atoms with E-state index in [9.17, 15) is 9.18 Å². The van der Waals surface area contributed by atoms with Crippen LogP contribution >= 0.6 is 0 Å². The van der Waals surface area contributed by atoms with Crippen molar-refractivity contribution in [1.29, 1.82) is 0 Å². The van der Waals surface area contributed by atoms with E-state index in [2.05, 4.69) is 0 Å². The number of halogens is 1. The van der Waals surface area contributed by atoms with Crippen LogP contribution in [0.25, 0.3) is 6.08 Å². The van der Waals surface area contributed by atoms with Crippen molar-refractivity contribution in [2.45, 2.75) is 12.8 Å². The highest BCUT2D eigenvalue weighted by molar-refractivity contribution is 5.91. The highest BCUT2D eigenvalue weighted by Gasteiger charge is 2.14. The number of nitrogens with zero attached hydrogens (tertiary/aromatic N) is 1. The molecule has 1 aliphatic heterocycles. The Balaban J connectivity index is 1.97. The maximum Gasteiger partial charge on any atom is 0.246 e. The maximum atomic E-state index is 12.6. The zero-order chi connectivity index (χ0) is 11.4. The number of hydrogen-bond donors (Lipinski definition) is 0. The van der Waals surface area contributed by atoms with Gasteiger partial charge in [0.25, 0.3) is 0 Å². The monoisotopic (exact) mass is 219 g/mol. The summed E-state index contributed by atoms with van der Waals surface area (Å²) in [5.41, 5.74) is 0.842. The Morgan fingerprint density at radius 1 is 1.19 bits per heavy atom. The quantitative estimate of drug-likeness (QED) is 0.700. The molecule has 1 aromatic rings. The first-order valence-electron chi connectivity index (χ1n) is 5.48. The van der Waals surface area contributed by atoms with Gasteiger partial charge in [-0.15, -0.1) is 0 Å². The Morgan fingerprint density at radius 3 is 2.44 bits per heavy atom. The van der Waals surface area contributed by atoms with Gasteiger partial charge in [0.05, 0.1) is 0 Å². The highest BCUT2D eigenvalue weighted by Crippen LogP contribution is 2.09. The average molecular weight is 219 g/mol. The summed E-state index contributed by atoms with van der Waals surface area (Å²) in [6.45, 7) is 1.71. The van der Waals surface area contributed by atoms with E-state index >= 15 is 0 Å². The highest BCUT2D eigenvalue weighted by atomic mass is 19.1. The van der Waals surface area contributed by atoms with Crippen molar-refractivity contribution in [2.75, 3.05) is 13.1 Å². The van der Waals surface area contributed by atoms with Crippen LogP contribution in [0.15, 0.2) is 30.3 Å². The van der Waals surface area contributed by atoms with Crippen molar-refractivity contribution in [2.24, 2.45) is 0 Å². The van der Waals surface area contributed by atoms with Gasteiger partial charge in [0, 0.05) is 19.2 Å². The third-order valence-electron chi connectivity index (χ3n) is 2.71. The van der Waals surface area contributed by atoms with Crippen LogP contribution in [0.5, 0.6) is 0 Å². The summed E-state index contributed by atoms with van der Waals surface area (Å²) in [7, 11) is 0. The molecule has 0 saturated carbocycles. The van der Waals surface area contributed by atoms with E-state index in [1.807, 2.05) is 4.90 Å². The van der Waals surface area contributed by atoms with Gasteiger partial charge in [-0.1, -0.05) is 12.1 Å². The van der Waals surface area contributed by atoms with Crippen LogP contribution in [0.3, 0.4) is 0 Å². The molecule has 0 unspecified atom stereocenters. The largest absolute Gasteiger partial charge is 0.339 e. The second-order valence-corrected chi connectivity index (χ2v) is 3.92. The number of benzene rings is 1. The lowest BCUT2D eigenvalue weighted by Gasteiger charge is -2.11. The van der Waals surface area contributed by atoms with Crippen LogP contribution in [0.4, 0.5) is 4.39 Å². The Kier molecular flexibility index (Phi) is 3.34. The molecule has 0 aliphatic carbocycles. The summed E-state index contributed by atoms with van der Waals surface area (Å²) in [5, 5.41) is 0. The van der Waals surface area contributed by atoms with E-state index < -0.39 is 0 Å². The van der Waals surface area contributed by atoms with E-state index in [-0.39, 0.29) is 11.7 Å². The minimum atomic E-state index is -0.261. The molecule has 84 valence electrons. The molecule has 3 heteroatoms. The van der Waals surface area contributed by atoms with Gasteiger partial charge in [-0.25, -0.2) is 4.39 Å². The van der Waals surface area contributed by atoms with Crippen LogP contribution in [0.2, 0.25) is 0 Å². The van der Waals surface area contributed by atoms with Gasteiger partial charge in [-0.05, 0) is 36.6 Å². The van der Waals surface area contributed by atoms with Gasteiger partial charge in [-0.2, -0.15) is 0 Å². The zero-order valence-corrected chi connectivity index (χ0v) is 9.03. The molecule has 1 aromatic carbocycles. The molecule has 0 bridgehead atoms. The Hall–Kier alpha value is -1.64. The molecule has 0 aromatic heterocycles. The molecule has 1 aliphatic rings. The van der Waals surface area contributed by atoms with Crippen molar-refractivity contribution < 1.29 is 9.18 Å². The van der Waals surface area contributed by atoms with E-state index in [0.29, 0.717) is 0 Å². The molecular weight excluding hydrogens is 205 g/mol. The number of hydrogen-bond acceptors (Lipinski definition) is 1. The van der Waals surface area contributed by atoms with E-state index in [1.54, 1.807) is 24.3 Å². The van der Waals surface area contributed by atoms with E-state index in [1.165, 1.54) is 12.1 Å². The molecule has 1 heterocycles. The maximum absolute atomic E-state index is 12.6. The molecule has 2 rings (SSSR count). The first kappa shape index (κ1) is 10.9. The first-order chi connectivity index (χ1) is 7.75. The number of likely N-dealkylation sites (tertiary alicyclic amines) is 1. The number of carbonyl (C=O) groups excluding carboxylic acids is 1. The van der Waals surface area contributed by atoms with Gasteiger partial charge in [-0.3, -0.25) is 4.79 Å². The lowest BCUT2D eigenvalue weighted by molar-refractivity contribution is -0.124. The molecule has 0 spiro atoms. The molecule has 1 fully saturated rings. The minimum absolute atomic E-state index is 0.0434. The van der Waals surface area contributed by atoms with Crippen molar-refractivity contribution in [3.63, 3.8) is 0 Å². The van der Waals surface area contributed by atoms with Gasteiger partial charge in [0.2, 0.25) is 5.91 Å². The second kappa shape index (κ2) is 4.92. The molecule has 1 amide bonds. The standard InChI is InChI=1S/C13H14FNO/c14-12-6-3-11(4-7-12)5-8-13(16)15-9-1-2-10-15/h3-8H,1-2,9-10H2. The van der Waals surface area contributed by atoms with Crippen LogP contribution in [0.1, 0.15) is 18.4 Å². The summed E-state index contributed by atoms with van der Waals surface area (Å²) < 4.78 is 12.6. The van der Waals surface area contributed by atoms with Crippen molar-refractivity contribution in [1.82, 2.24) is 4.90 Å². The molecule has 16 heavy (non-hydrogen) atoms.